The lowest BCUT2D eigenvalue weighted by molar-refractivity contribution is -0.130. The summed E-state index contributed by atoms with van der Waals surface area (Å²) in [4.78, 5) is 26.4. The van der Waals surface area contributed by atoms with Crippen LogP contribution in [0.4, 0.5) is 5.69 Å². The van der Waals surface area contributed by atoms with Gasteiger partial charge in [-0.3, -0.25) is 18.9 Å². The van der Waals surface area contributed by atoms with Crippen molar-refractivity contribution < 1.29 is 17.9 Å². The topological polar surface area (TPSA) is 97.7 Å². The number of sulfonamides is 1. The molecule has 0 spiro atoms. The number of hydrogen-bond donors (Lipinski definition) is 1. The smallest absolute Gasteiger partial charge is 0.308 e. The number of nitrogens with one attached hydrogen (secondary N) is 1. The number of aryl methyl sites for hydroxylation is 1. The third kappa shape index (κ3) is 4.62. The van der Waals surface area contributed by atoms with E-state index in [1.54, 1.807) is 18.2 Å². The third-order valence-electron chi connectivity index (χ3n) is 5.36. The van der Waals surface area contributed by atoms with E-state index in [4.69, 9.17) is 16.3 Å². The Morgan fingerprint density at radius 3 is 2.66 bits per heavy atom. The molecule has 0 aliphatic carbocycles. The Morgan fingerprint density at radius 2 is 1.94 bits per heavy atom. The van der Waals surface area contributed by atoms with Crippen LogP contribution in [0.5, 0.6) is 5.75 Å². The number of methoxy groups -OCH3 is 1. The summed E-state index contributed by atoms with van der Waals surface area (Å²) in [7, 11) is -2.52. The number of carbonyl (C=O) groups is 1. The molecule has 1 saturated heterocycles. The molecular formula is C21H22ClN3O5S2. The summed E-state index contributed by atoms with van der Waals surface area (Å²) in [5.41, 5.74) is 0.819. The van der Waals surface area contributed by atoms with Crippen LogP contribution in [0.2, 0.25) is 5.02 Å². The zero-order valence-electron chi connectivity index (χ0n) is 17.3. The minimum absolute atomic E-state index is 0.00794. The molecule has 3 aromatic rings. The maximum atomic E-state index is 12.9. The first-order valence-corrected chi connectivity index (χ1v) is 12.7. The number of hydrogen-bond acceptors (Lipinski definition) is 6. The van der Waals surface area contributed by atoms with Crippen molar-refractivity contribution in [3.63, 3.8) is 0 Å². The second-order valence-corrected chi connectivity index (χ2v) is 10.5. The van der Waals surface area contributed by atoms with Crippen molar-refractivity contribution in [1.29, 1.82) is 0 Å². The summed E-state index contributed by atoms with van der Waals surface area (Å²) in [6, 6.07) is 9.11. The van der Waals surface area contributed by atoms with Crippen LogP contribution in [0.3, 0.4) is 0 Å². The predicted octanol–water partition coefficient (Wildman–Crippen LogP) is 3.54. The normalized spacial score (nSPS) is 14.1. The van der Waals surface area contributed by atoms with Gasteiger partial charge in [-0.15, -0.1) is 0 Å². The van der Waals surface area contributed by atoms with Gasteiger partial charge in [0, 0.05) is 31.1 Å². The molecule has 1 aromatic heterocycles. The number of likely N-dealkylation sites (tertiary alicyclic amines) is 1. The van der Waals surface area contributed by atoms with E-state index < -0.39 is 10.0 Å². The van der Waals surface area contributed by atoms with Gasteiger partial charge in [0.05, 0.1) is 27.9 Å². The van der Waals surface area contributed by atoms with Gasteiger partial charge in [-0.1, -0.05) is 22.9 Å². The van der Waals surface area contributed by atoms with Crippen LogP contribution in [0.1, 0.15) is 19.3 Å². The molecule has 2 aromatic carbocycles. The highest BCUT2D eigenvalue weighted by Crippen LogP contribution is 2.30. The lowest BCUT2D eigenvalue weighted by atomic mass is 10.3. The van der Waals surface area contributed by atoms with Crippen molar-refractivity contribution in [3.05, 3.63) is 51.1 Å². The number of aromatic nitrogens is 1. The first kappa shape index (κ1) is 22.6. The molecule has 1 amide bonds. The second-order valence-electron chi connectivity index (χ2n) is 7.44. The highest BCUT2D eigenvalue weighted by Gasteiger charge is 2.21. The Morgan fingerprint density at radius 1 is 1.19 bits per heavy atom. The van der Waals surface area contributed by atoms with Crippen molar-refractivity contribution in [1.82, 2.24) is 9.47 Å². The van der Waals surface area contributed by atoms with Gasteiger partial charge in [-0.2, -0.15) is 0 Å². The molecule has 0 saturated carbocycles. The molecule has 1 fully saturated rings. The summed E-state index contributed by atoms with van der Waals surface area (Å²) in [6.45, 7) is 1.80. The highest BCUT2D eigenvalue weighted by molar-refractivity contribution is 7.92. The number of thiazole rings is 1. The van der Waals surface area contributed by atoms with E-state index in [0.29, 0.717) is 21.0 Å². The molecule has 4 rings (SSSR count). The third-order valence-corrected chi connectivity index (χ3v) is 7.90. The van der Waals surface area contributed by atoms with E-state index in [9.17, 15) is 18.0 Å². The van der Waals surface area contributed by atoms with E-state index >= 15 is 0 Å². The first-order chi connectivity index (χ1) is 15.3. The van der Waals surface area contributed by atoms with Gasteiger partial charge < -0.3 is 9.64 Å². The largest absolute Gasteiger partial charge is 0.495 e. The molecule has 170 valence electrons. The van der Waals surface area contributed by atoms with E-state index in [1.807, 2.05) is 4.90 Å². The highest BCUT2D eigenvalue weighted by atomic mass is 35.5. The number of anilines is 1. The molecule has 11 heteroatoms. The molecule has 0 unspecified atom stereocenters. The zero-order valence-corrected chi connectivity index (χ0v) is 19.7. The van der Waals surface area contributed by atoms with Crippen molar-refractivity contribution >= 4 is 54.8 Å². The fourth-order valence-electron chi connectivity index (χ4n) is 3.72. The Bertz CT molecular complexity index is 1330. The van der Waals surface area contributed by atoms with Crippen molar-refractivity contribution in [2.45, 2.75) is 30.7 Å². The van der Waals surface area contributed by atoms with Gasteiger partial charge in [0.1, 0.15) is 5.75 Å². The molecule has 32 heavy (non-hydrogen) atoms. The summed E-state index contributed by atoms with van der Waals surface area (Å²) < 4.78 is 35.6. The van der Waals surface area contributed by atoms with Gasteiger partial charge >= 0.3 is 4.87 Å². The number of fused-ring (bicyclic) bond motifs is 1. The average Bonchev–Trinajstić information content (AvgIpc) is 3.39. The predicted molar refractivity (Wildman–Crippen MR) is 125 cm³/mol. The van der Waals surface area contributed by atoms with Crippen LogP contribution in [-0.2, 0) is 21.4 Å². The molecule has 1 N–H and O–H groups in total. The number of halogens is 1. The van der Waals surface area contributed by atoms with Crippen LogP contribution in [0.25, 0.3) is 10.2 Å². The molecule has 1 aliphatic heterocycles. The van der Waals surface area contributed by atoms with Crippen molar-refractivity contribution in [2.75, 3.05) is 24.9 Å². The number of carbonyl (C=O) groups excluding carboxylic acids is 1. The SMILES string of the molecule is COc1ccc(Cl)cc1NS(=O)(=O)c1ccc2c(c1)sc(=O)n2CCC(=O)N1CCCC1. The molecular weight excluding hydrogens is 474 g/mol. The first-order valence-electron chi connectivity index (χ1n) is 10.1. The average molecular weight is 496 g/mol. The van der Waals surface area contributed by atoms with E-state index in [-0.39, 0.29) is 34.3 Å². The molecule has 8 nitrogen and oxygen atoms in total. The quantitative estimate of drug-likeness (QED) is 0.540. The van der Waals surface area contributed by atoms with E-state index in [2.05, 4.69) is 4.72 Å². The van der Waals surface area contributed by atoms with Crippen molar-refractivity contribution in [3.8, 4) is 5.75 Å². The molecule has 0 bridgehead atoms. The van der Waals surface area contributed by atoms with E-state index in [1.165, 1.54) is 29.9 Å². The van der Waals surface area contributed by atoms with Crippen LogP contribution in [0.15, 0.2) is 46.1 Å². The fourth-order valence-corrected chi connectivity index (χ4v) is 6.01. The lowest BCUT2D eigenvalue weighted by Crippen LogP contribution is -2.29. The van der Waals surface area contributed by atoms with Gasteiger partial charge in [0.15, 0.2) is 0 Å². The Labute approximate surface area is 194 Å². The summed E-state index contributed by atoms with van der Waals surface area (Å²) in [5.74, 6) is 0.366. The lowest BCUT2D eigenvalue weighted by Gasteiger charge is -2.15. The maximum absolute atomic E-state index is 12.9. The van der Waals surface area contributed by atoms with Gasteiger partial charge in [-0.25, -0.2) is 8.42 Å². The number of benzene rings is 2. The molecule has 0 atom stereocenters. The second kappa shape index (κ2) is 9.13. The van der Waals surface area contributed by atoms with Crippen LogP contribution >= 0.6 is 22.9 Å². The van der Waals surface area contributed by atoms with Crippen LogP contribution in [0, 0.1) is 0 Å². The van der Waals surface area contributed by atoms with Crippen molar-refractivity contribution in [2.24, 2.45) is 0 Å². The Kier molecular flexibility index (Phi) is 6.45. The minimum Gasteiger partial charge on any atom is -0.495 e. The van der Waals surface area contributed by atoms with Gasteiger partial charge in [-0.05, 0) is 49.2 Å². The molecule has 1 aliphatic rings. The number of nitrogens with zero attached hydrogens (tertiary/aromatic N) is 2. The number of amides is 1. The number of ether oxygens (including phenoxy) is 1. The Balaban J connectivity index is 1.58. The number of rotatable bonds is 7. The molecule has 2 heterocycles. The Hall–Kier alpha value is -2.56. The summed E-state index contributed by atoms with van der Waals surface area (Å²) in [5, 5.41) is 0.359. The molecule has 0 radical (unpaired) electrons. The minimum atomic E-state index is -3.95. The monoisotopic (exact) mass is 495 g/mol. The zero-order chi connectivity index (χ0) is 22.9. The fraction of sp³-hybridized carbons (Fsp3) is 0.333. The van der Waals surface area contributed by atoms with Gasteiger partial charge in [0.2, 0.25) is 5.91 Å². The summed E-state index contributed by atoms with van der Waals surface area (Å²) in [6.07, 6.45) is 2.26. The maximum Gasteiger partial charge on any atom is 0.308 e. The summed E-state index contributed by atoms with van der Waals surface area (Å²) >= 11 is 6.94. The van der Waals surface area contributed by atoms with Crippen LogP contribution < -0.4 is 14.3 Å². The van der Waals surface area contributed by atoms with E-state index in [0.717, 1.165) is 37.3 Å². The van der Waals surface area contributed by atoms with Gasteiger partial charge in [0.25, 0.3) is 10.0 Å². The standard InChI is InChI=1S/C21H22ClN3O5S2/c1-30-18-7-4-14(22)12-16(18)23-32(28,29)15-5-6-17-19(13-15)31-21(27)25(17)11-8-20(26)24-9-2-3-10-24/h4-7,12-13,23H,2-3,8-11H2,1H3. The van der Waals surface area contributed by atoms with Crippen LogP contribution in [-0.4, -0.2) is 44.0 Å².